The summed E-state index contributed by atoms with van der Waals surface area (Å²) in [6.45, 7) is 4.58. The van der Waals surface area contributed by atoms with Gasteiger partial charge in [0.15, 0.2) is 0 Å². The molecule has 0 heterocycles. The van der Waals surface area contributed by atoms with Crippen molar-refractivity contribution in [2.45, 2.75) is 64.9 Å². The van der Waals surface area contributed by atoms with Gasteiger partial charge in [0, 0.05) is 0 Å². The third kappa shape index (κ3) is 4.04. The van der Waals surface area contributed by atoms with Crippen LogP contribution in [-0.2, 0) is 6.42 Å². The maximum absolute atomic E-state index is 6.06. The summed E-state index contributed by atoms with van der Waals surface area (Å²) in [6, 6.07) is 8.72. The number of ether oxygens (including phenoxy) is 1. The van der Waals surface area contributed by atoms with Gasteiger partial charge in [0.25, 0.3) is 0 Å². The van der Waals surface area contributed by atoms with Crippen LogP contribution in [0.5, 0.6) is 5.75 Å². The average molecular weight is 246 g/mol. The molecule has 0 radical (unpaired) electrons. The molecule has 0 spiro atoms. The monoisotopic (exact) mass is 246 g/mol. The van der Waals surface area contributed by atoms with Crippen molar-refractivity contribution >= 4 is 0 Å². The second-order valence-corrected chi connectivity index (χ2v) is 5.75. The summed E-state index contributed by atoms with van der Waals surface area (Å²) in [6.07, 6.45) is 9.26. The summed E-state index contributed by atoms with van der Waals surface area (Å²) in [5, 5.41) is 0. The van der Waals surface area contributed by atoms with Crippen LogP contribution in [0, 0.1) is 5.92 Å². The minimum Gasteiger partial charge on any atom is -0.490 e. The summed E-state index contributed by atoms with van der Waals surface area (Å²) in [5.41, 5.74) is 1.43. The van der Waals surface area contributed by atoms with Crippen LogP contribution in [0.3, 0.4) is 0 Å². The highest BCUT2D eigenvalue weighted by Gasteiger charge is 2.19. The predicted molar refractivity (Wildman–Crippen MR) is 77.1 cm³/mol. The first kappa shape index (κ1) is 13.5. The zero-order valence-corrected chi connectivity index (χ0v) is 11.8. The number of unbranched alkanes of at least 4 members (excludes halogenated alkanes) is 1. The van der Waals surface area contributed by atoms with E-state index in [1.807, 2.05) is 0 Å². The Bertz CT molecular complexity index is 333. The fraction of sp³-hybridized carbons (Fsp3) is 0.647. The molecule has 1 aliphatic rings. The van der Waals surface area contributed by atoms with Crippen LogP contribution < -0.4 is 4.74 Å². The van der Waals surface area contributed by atoms with E-state index in [1.165, 1.54) is 50.5 Å². The Balaban J connectivity index is 1.82. The molecular formula is C17H26O. The lowest BCUT2D eigenvalue weighted by Gasteiger charge is -2.26. The SMILES string of the molecule is CCCCc1ccc(OC2CCC(C)CC2)cc1. The fourth-order valence-corrected chi connectivity index (χ4v) is 2.66. The molecule has 0 aromatic heterocycles. The van der Waals surface area contributed by atoms with Crippen LogP contribution >= 0.6 is 0 Å². The quantitative estimate of drug-likeness (QED) is 0.711. The normalized spacial score (nSPS) is 23.9. The lowest BCUT2D eigenvalue weighted by atomic mass is 9.89. The van der Waals surface area contributed by atoms with Crippen LogP contribution in [0.1, 0.15) is 57.9 Å². The summed E-state index contributed by atoms with van der Waals surface area (Å²) < 4.78 is 6.06. The molecule has 1 aromatic rings. The van der Waals surface area contributed by atoms with Crippen LogP contribution in [-0.4, -0.2) is 6.10 Å². The number of hydrogen-bond donors (Lipinski definition) is 0. The van der Waals surface area contributed by atoms with Crippen molar-refractivity contribution in [3.05, 3.63) is 29.8 Å². The van der Waals surface area contributed by atoms with Gasteiger partial charge in [0.05, 0.1) is 6.10 Å². The molecule has 0 amide bonds. The number of benzene rings is 1. The summed E-state index contributed by atoms with van der Waals surface area (Å²) in [5.74, 6) is 1.94. The van der Waals surface area contributed by atoms with Gasteiger partial charge in [0.2, 0.25) is 0 Å². The van der Waals surface area contributed by atoms with E-state index in [-0.39, 0.29) is 0 Å². The topological polar surface area (TPSA) is 9.23 Å². The van der Waals surface area contributed by atoms with Crippen molar-refractivity contribution < 1.29 is 4.74 Å². The molecule has 0 bridgehead atoms. The van der Waals surface area contributed by atoms with Crippen molar-refractivity contribution in [3.8, 4) is 5.75 Å². The molecule has 0 unspecified atom stereocenters. The molecular weight excluding hydrogens is 220 g/mol. The third-order valence-electron chi connectivity index (χ3n) is 4.01. The Labute approximate surface area is 112 Å². The minimum absolute atomic E-state index is 0.447. The fourth-order valence-electron chi connectivity index (χ4n) is 2.66. The summed E-state index contributed by atoms with van der Waals surface area (Å²) >= 11 is 0. The molecule has 100 valence electrons. The Morgan fingerprint density at radius 2 is 1.72 bits per heavy atom. The van der Waals surface area contributed by atoms with E-state index in [9.17, 15) is 0 Å². The molecule has 0 N–H and O–H groups in total. The molecule has 1 saturated carbocycles. The van der Waals surface area contributed by atoms with Gasteiger partial charge in [-0.3, -0.25) is 0 Å². The van der Waals surface area contributed by atoms with E-state index in [0.717, 1.165) is 11.7 Å². The molecule has 0 aliphatic heterocycles. The Morgan fingerprint density at radius 1 is 1.06 bits per heavy atom. The molecule has 1 heteroatoms. The van der Waals surface area contributed by atoms with Gasteiger partial charge in [-0.2, -0.15) is 0 Å². The molecule has 2 rings (SSSR count). The molecule has 0 saturated heterocycles. The maximum Gasteiger partial charge on any atom is 0.119 e. The molecule has 18 heavy (non-hydrogen) atoms. The summed E-state index contributed by atoms with van der Waals surface area (Å²) in [4.78, 5) is 0. The Kier molecular flexibility index (Phi) is 5.10. The van der Waals surface area contributed by atoms with Crippen molar-refractivity contribution in [1.82, 2.24) is 0 Å². The highest BCUT2D eigenvalue weighted by Crippen LogP contribution is 2.27. The van der Waals surface area contributed by atoms with Crippen molar-refractivity contribution in [1.29, 1.82) is 0 Å². The van der Waals surface area contributed by atoms with E-state index in [1.54, 1.807) is 0 Å². The second-order valence-electron chi connectivity index (χ2n) is 5.75. The molecule has 1 nitrogen and oxygen atoms in total. The first-order valence-corrected chi connectivity index (χ1v) is 7.53. The van der Waals surface area contributed by atoms with E-state index in [0.29, 0.717) is 6.10 Å². The van der Waals surface area contributed by atoms with Gasteiger partial charge in [-0.15, -0.1) is 0 Å². The van der Waals surface area contributed by atoms with E-state index < -0.39 is 0 Å². The van der Waals surface area contributed by atoms with Crippen molar-refractivity contribution in [3.63, 3.8) is 0 Å². The van der Waals surface area contributed by atoms with Gasteiger partial charge >= 0.3 is 0 Å². The molecule has 1 aromatic carbocycles. The van der Waals surface area contributed by atoms with Gasteiger partial charge in [0.1, 0.15) is 5.75 Å². The van der Waals surface area contributed by atoms with Gasteiger partial charge < -0.3 is 4.74 Å². The van der Waals surface area contributed by atoms with E-state index in [2.05, 4.69) is 38.1 Å². The molecule has 1 aliphatic carbocycles. The number of aryl methyl sites for hydroxylation is 1. The first-order valence-electron chi connectivity index (χ1n) is 7.53. The maximum atomic E-state index is 6.06. The van der Waals surface area contributed by atoms with E-state index >= 15 is 0 Å². The molecule has 1 fully saturated rings. The predicted octanol–water partition coefficient (Wildman–Crippen LogP) is 4.99. The minimum atomic E-state index is 0.447. The third-order valence-corrected chi connectivity index (χ3v) is 4.01. The standard InChI is InChI=1S/C17H26O/c1-3-4-5-15-8-12-17(13-9-15)18-16-10-6-14(2)7-11-16/h8-9,12-14,16H,3-7,10-11H2,1-2H3. The Morgan fingerprint density at radius 3 is 2.33 bits per heavy atom. The lowest BCUT2D eigenvalue weighted by Crippen LogP contribution is -2.22. The van der Waals surface area contributed by atoms with Crippen molar-refractivity contribution in [2.75, 3.05) is 0 Å². The Hall–Kier alpha value is -0.980. The van der Waals surface area contributed by atoms with Crippen molar-refractivity contribution in [2.24, 2.45) is 5.92 Å². The second kappa shape index (κ2) is 6.82. The highest BCUT2D eigenvalue weighted by atomic mass is 16.5. The van der Waals surface area contributed by atoms with Crippen LogP contribution in [0.2, 0.25) is 0 Å². The number of rotatable bonds is 5. The lowest BCUT2D eigenvalue weighted by molar-refractivity contribution is 0.135. The molecule has 0 atom stereocenters. The van der Waals surface area contributed by atoms with Gasteiger partial charge in [-0.25, -0.2) is 0 Å². The first-order chi connectivity index (χ1) is 8.78. The van der Waals surface area contributed by atoms with Gasteiger partial charge in [-0.05, 0) is 62.1 Å². The van der Waals surface area contributed by atoms with Crippen LogP contribution in [0.4, 0.5) is 0 Å². The highest BCUT2D eigenvalue weighted by molar-refractivity contribution is 5.27. The smallest absolute Gasteiger partial charge is 0.119 e. The average Bonchev–Trinajstić information content (AvgIpc) is 2.41. The number of hydrogen-bond acceptors (Lipinski definition) is 1. The van der Waals surface area contributed by atoms with Crippen LogP contribution in [0.15, 0.2) is 24.3 Å². The van der Waals surface area contributed by atoms with Crippen LogP contribution in [0.25, 0.3) is 0 Å². The zero-order chi connectivity index (χ0) is 12.8. The summed E-state index contributed by atoms with van der Waals surface area (Å²) in [7, 11) is 0. The van der Waals surface area contributed by atoms with E-state index in [4.69, 9.17) is 4.74 Å². The zero-order valence-electron chi connectivity index (χ0n) is 11.8. The van der Waals surface area contributed by atoms with Gasteiger partial charge in [-0.1, -0.05) is 32.4 Å². The largest absolute Gasteiger partial charge is 0.490 e.